The molecule has 0 spiro atoms. The van der Waals surface area contributed by atoms with E-state index in [1.807, 2.05) is 31.2 Å². The van der Waals surface area contributed by atoms with Gasteiger partial charge in [-0.05, 0) is 99.5 Å². The quantitative estimate of drug-likeness (QED) is 0.130. The molecule has 2 aliphatic carbocycles. The number of hydrogen-bond donors (Lipinski definition) is 0. The van der Waals surface area contributed by atoms with E-state index in [0.717, 1.165) is 17.7 Å². The Morgan fingerprint density at radius 3 is 1.68 bits per heavy atom. The number of nitriles is 4. The summed E-state index contributed by atoms with van der Waals surface area (Å²) in [6.07, 6.45) is -4.98. The zero-order valence-corrected chi connectivity index (χ0v) is 30.9. The summed E-state index contributed by atoms with van der Waals surface area (Å²) < 4.78 is 43.6. The standard InChI is InChI=1S/C48H19F3N8O/c1-26-6-8-30(9-7-26)43-45(46(58-4)32-15-28(23-53)17-34(19-32)57-3)38-21-37-36(20-39(38)47(43)59-5)41(25-55)42(29-10-12-35(13-11-29)60-48(49,50)51)44(37)40(24-54)31-14-27(22-52)16-33(18-31)56-2/h6-21H,1H3/b44-40+,46-45?. The first-order chi connectivity index (χ1) is 28.9. The van der Waals surface area contributed by atoms with Gasteiger partial charge in [-0.1, -0.05) is 60.2 Å². The van der Waals surface area contributed by atoms with Gasteiger partial charge < -0.3 is 4.74 Å². The Kier molecular flexibility index (Phi) is 9.87. The predicted molar refractivity (Wildman–Crippen MR) is 217 cm³/mol. The van der Waals surface area contributed by atoms with Crippen LogP contribution in [0.2, 0.25) is 0 Å². The molecule has 0 unspecified atom stereocenters. The fraction of sp³-hybridized carbons (Fsp3) is 0.0417. The number of alkyl halides is 3. The molecule has 2 aliphatic rings. The Bertz CT molecular complexity index is 3170. The van der Waals surface area contributed by atoms with Gasteiger partial charge in [-0.2, -0.15) is 21.0 Å². The third-order valence-corrected chi connectivity index (χ3v) is 9.77. The molecule has 5 aromatic carbocycles. The van der Waals surface area contributed by atoms with Crippen LogP contribution in [-0.2, 0) is 0 Å². The van der Waals surface area contributed by atoms with E-state index in [1.165, 1.54) is 48.5 Å². The van der Waals surface area contributed by atoms with Gasteiger partial charge in [0, 0.05) is 27.8 Å². The minimum Gasteiger partial charge on any atom is -0.406 e. The summed E-state index contributed by atoms with van der Waals surface area (Å²) in [5.41, 5.74) is 4.68. The Labute approximate surface area is 341 Å². The summed E-state index contributed by atoms with van der Waals surface area (Å²) in [6, 6.07) is 32.2. The van der Waals surface area contributed by atoms with Gasteiger partial charge in [-0.3, -0.25) is 0 Å². The fourth-order valence-electron chi connectivity index (χ4n) is 7.34. The molecule has 0 atom stereocenters. The van der Waals surface area contributed by atoms with Crippen LogP contribution in [0.3, 0.4) is 0 Å². The first-order valence-corrected chi connectivity index (χ1v) is 17.4. The maximum absolute atomic E-state index is 13.2. The summed E-state index contributed by atoms with van der Waals surface area (Å²) in [4.78, 5) is 14.8. The van der Waals surface area contributed by atoms with Crippen LogP contribution in [0.1, 0.15) is 61.2 Å². The van der Waals surface area contributed by atoms with E-state index in [4.69, 9.17) is 26.3 Å². The van der Waals surface area contributed by atoms with Crippen LogP contribution in [0.15, 0.2) is 97.1 Å². The lowest BCUT2D eigenvalue weighted by molar-refractivity contribution is -0.274. The molecule has 0 saturated heterocycles. The van der Waals surface area contributed by atoms with Gasteiger partial charge in [0.15, 0.2) is 17.1 Å². The minimum absolute atomic E-state index is 0.00817. The van der Waals surface area contributed by atoms with E-state index in [-0.39, 0.29) is 89.6 Å². The maximum Gasteiger partial charge on any atom is 0.573 e. The van der Waals surface area contributed by atoms with Crippen molar-refractivity contribution in [3.63, 3.8) is 0 Å². The summed E-state index contributed by atoms with van der Waals surface area (Å²) >= 11 is 0. The van der Waals surface area contributed by atoms with E-state index in [2.05, 4.69) is 36.3 Å². The van der Waals surface area contributed by atoms with E-state index in [0.29, 0.717) is 22.3 Å². The van der Waals surface area contributed by atoms with Crippen molar-refractivity contribution in [1.82, 2.24) is 0 Å². The molecule has 12 heteroatoms. The number of ether oxygens (including phenoxy) is 1. The van der Waals surface area contributed by atoms with Crippen LogP contribution < -0.4 is 4.74 Å². The number of allylic oxidation sites excluding steroid dienone is 6. The number of rotatable bonds is 5. The van der Waals surface area contributed by atoms with Crippen molar-refractivity contribution in [1.29, 1.82) is 21.0 Å². The molecule has 0 radical (unpaired) electrons. The zero-order chi connectivity index (χ0) is 42.9. The predicted octanol–water partition coefficient (Wildman–Crippen LogP) is 12.2. The second-order valence-corrected chi connectivity index (χ2v) is 13.3. The molecule has 0 heterocycles. The van der Waals surface area contributed by atoms with E-state index in [9.17, 15) is 34.2 Å². The van der Waals surface area contributed by atoms with Crippen LogP contribution in [0.5, 0.6) is 5.75 Å². The summed E-state index contributed by atoms with van der Waals surface area (Å²) in [5.74, 6) is -0.534. The van der Waals surface area contributed by atoms with E-state index in [1.54, 1.807) is 24.3 Å². The van der Waals surface area contributed by atoms with Crippen molar-refractivity contribution >= 4 is 56.2 Å². The van der Waals surface area contributed by atoms with Gasteiger partial charge >= 0.3 is 6.36 Å². The molecule has 0 bridgehead atoms. The van der Waals surface area contributed by atoms with Crippen LogP contribution in [0.4, 0.5) is 24.5 Å². The number of fused-ring (bicyclic) bond motifs is 2. The van der Waals surface area contributed by atoms with Crippen LogP contribution in [0.25, 0.3) is 64.2 Å². The number of aryl methyl sites for hydroxylation is 1. The molecule has 9 nitrogen and oxygen atoms in total. The minimum atomic E-state index is -4.98. The zero-order valence-electron chi connectivity index (χ0n) is 30.9. The van der Waals surface area contributed by atoms with Gasteiger partial charge in [0.2, 0.25) is 5.70 Å². The normalized spacial score (nSPS) is 14.1. The molecule has 278 valence electrons. The summed E-state index contributed by atoms with van der Waals surface area (Å²) in [6.45, 7) is 34.2. The van der Waals surface area contributed by atoms with Crippen molar-refractivity contribution in [2.75, 3.05) is 0 Å². The van der Waals surface area contributed by atoms with Crippen LogP contribution in [0, 0.1) is 78.5 Å². The first kappa shape index (κ1) is 38.8. The smallest absolute Gasteiger partial charge is 0.406 e. The number of nitrogens with zero attached hydrogens (tertiary/aromatic N) is 8. The molecule has 60 heavy (non-hydrogen) atoms. The average molecular weight is 781 g/mol. The SMILES string of the molecule is [C-]#[N+]C(=C1C(c2ccc(C)cc2)=C([N+]#[C-])c2cc3c(cc21)/C(=C(/C#N)c1cc(C#N)cc([N+]#[C-])c1)C(c1ccc(OC(F)(F)F)cc1)=C3C#N)c1cc(C#N)cc([N+]#[C-])c1. The number of hydrogen-bond acceptors (Lipinski definition) is 5. The summed E-state index contributed by atoms with van der Waals surface area (Å²) in [5, 5.41) is 41.5. The molecular weight excluding hydrogens is 762 g/mol. The highest BCUT2D eigenvalue weighted by molar-refractivity contribution is 6.33. The molecule has 0 N–H and O–H groups in total. The van der Waals surface area contributed by atoms with Gasteiger partial charge in [0.05, 0.1) is 49.6 Å². The average Bonchev–Trinajstić information content (AvgIpc) is 3.74. The lowest BCUT2D eigenvalue weighted by atomic mass is 9.87. The van der Waals surface area contributed by atoms with Crippen molar-refractivity contribution in [3.05, 3.63) is 204 Å². The van der Waals surface area contributed by atoms with Crippen LogP contribution >= 0.6 is 0 Å². The van der Waals surface area contributed by atoms with Crippen molar-refractivity contribution in [2.45, 2.75) is 13.3 Å². The lowest BCUT2D eigenvalue weighted by Gasteiger charge is -2.16. The van der Waals surface area contributed by atoms with Gasteiger partial charge in [-0.25, -0.2) is 19.4 Å². The third-order valence-electron chi connectivity index (χ3n) is 9.77. The molecule has 0 amide bonds. The maximum atomic E-state index is 13.2. The van der Waals surface area contributed by atoms with E-state index < -0.39 is 12.1 Å². The Morgan fingerprint density at radius 1 is 0.600 bits per heavy atom. The Morgan fingerprint density at radius 2 is 1.15 bits per heavy atom. The topological polar surface area (TPSA) is 122 Å². The van der Waals surface area contributed by atoms with Gasteiger partial charge in [-0.15, -0.1) is 13.2 Å². The molecule has 0 saturated carbocycles. The van der Waals surface area contributed by atoms with Gasteiger partial charge in [0.25, 0.3) is 0 Å². The monoisotopic (exact) mass is 780 g/mol. The van der Waals surface area contributed by atoms with Gasteiger partial charge in [0.1, 0.15) is 17.9 Å². The molecule has 0 aromatic heterocycles. The number of halogens is 3. The first-order valence-electron chi connectivity index (χ1n) is 17.4. The third kappa shape index (κ3) is 6.75. The van der Waals surface area contributed by atoms with Crippen molar-refractivity contribution < 1.29 is 17.9 Å². The number of benzene rings is 5. The van der Waals surface area contributed by atoms with E-state index >= 15 is 0 Å². The fourth-order valence-corrected chi connectivity index (χ4v) is 7.34. The second-order valence-electron chi connectivity index (χ2n) is 13.3. The molecule has 7 rings (SSSR count). The molecular formula is C48H19F3N8O. The highest BCUT2D eigenvalue weighted by Crippen LogP contribution is 2.56. The Balaban J connectivity index is 1.63. The van der Waals surface area contributed by atoms with Crippen molar-refractivity contribution in [2.24, 2.45) is 0 Å². The molecule has 0 fully saturated rings. The lowest BCUT2D eigenvalue weighted by Crippen LogP contribution is -2.17. The summed E-state index contributed by atoms with van der Waals surface area (Å²) in [7, 11) is 0. The van der Waals surface area contributed by atoms with Crippen LogP contribution in [-0.4, -0.2) is 6.36 Å². The molecule has 5 aromatic rings. The Hall–Kier alpha value is -9.43. The molecule has 0 aliphatic heterocycles. The highest BCUT2D eigenvalue weighted by atomic mass is 19.4. The van der Waals surface area contributed by atoms with Crippen molar-refractivity contribution in [3.8, 4) is 30.0 Å². The highest BCUT2D eigenvalue weighted by Gasteiger charge is 2.38. The largest absolute Gasteiger partial charge is 0.573 e. The second kappa shape index (κ2) is 15.2.